The Morgan fingerprint density at radius 3 is 2.55 bits per heavy atom. The molecule has 0 atom stereocenters. The predicted octanol–water partition coefficient (Wildman–Crippen LogP) is 2.14. The van der Waals surface area contributed by atoms with Gasteiger partial charge in [0.1, 0.15) is 0 Å². The Hall–Kier alpha value is -0.770. The first-order valence-corrected chi connectivity index (χ1v) is 3.91. The van der Waals surface area contributed by atoms with Crippen LogP contribution in [0.2, 0.25) is 0 Å². The summed E-state index contributed by atoms with van der Waals surface area (Å²) < 4.78 is 7.63. The lowest BCUT2D eigenvalue weighted by molar-refractivity contribution is 0.410. The van der Waals surface area contributed by atoms with Crippen molar-refractivity contribution in [3.63, 3.8) is 0 Å². The molecule has 1 heterocycles. The maximum atomic E-state index is 5.11. The van der Waals surface area contributed by atoms with Crippen molar-refractivity contribution in [1.29, 1.82) is 0 Å². The zero-order valence-electron chi connectivity index (χ0n) is 6.92. The van der Waals surface area contributed by atoms with E-state index in [9.17, 15) is 0 Å². The van der Waals surface area contributed by atoms with Crippen LogP contribution in [0.3, 0.4) is 0 Å². The number of hydrogen-bond donors (Lipinski definition) is 1. The lowest BCUT2D eigenvalue weighted by Gasteiger charge is -2.04. The lowest BCUT2D eigenvalue weighted by atomic mass is 10.4. The number of methoxy groups -OCH3 is 1. The Kier molecular flexibility index (Phi) is 2.34. The third kappa shape index (κ3) is 1.45. The Balaban J connectivity index is 3.11. The highest BCUT2D eigenvalue weighted by atomic mass is 32.1. The molecule has 1 aromatic rings. The second-order valence-electron chi connectivity index (χ2n) is 2.61. The third-order valence-corrected chi connectivity index (χ3v) is 1.90. The maximum absolute atomic E-state index is 5.11. The van der Waals surface area contributed by atoms with Gasteiger partial charge in [-0.05, 0) is 13.8 Å². The van der Waals surface area contributed by atoms with Crippen LogP contribution < -0.4 is 4.74 Å². The second-order valence-corrected chi connectivity index (χ2v) is 3.00. The molecular weight excluding hydrogens is 160 g/mol. The average molecular weight is 172 g/mol. The Morgan fingerprint density at radius 2 is 2.27 bits per heavy atom. The first-order chi connectivity index (χ1) is 5.16. The molecule has 0 unspecified atom stereocenters. The summed E-state index contributed by atoms with van der Waals surface area (Å²) in [5.41, 5.74) is 0. The molecule has 0 radical (unpaired) electrons. The van der Waals surface area contributed by atoms with Gasteiger partial charge in [0.25, 0.3) is 0 Å². The minimum Gasteiger partial charge on any atom is -0.492 e. The summed E-state index contributed by atoms with van der Waals surface area (Å²) in [5, 5.41) is 3.01. The van der Waals surface area contributed by atoms with Crippen molar-refractivity contribution < 1.29 is 4.74 Å². The molecule has 0 aliphatic heterocycles. The van der Waals surface area contributed by atoms with Crippen LogP contribution in [-0.4, -0.2) is 16.9 Å². The number of rotatable bonds is 2. The van der Waals surface area contributed by atoms with Crippen LogP contribution in [0.4, 0.5) is 0 Å². The fraction of sp³-hybridized carbons (Fsp3) is 0.571. The number of aromatic amines is 1. The maximum Gasteiger partial charge on any atom is 0.172 e. The Bertz CT molecular complexity index is 287. The van der Waals surface area contributed by atoms with E-state index in [1.807, 2.05) is 4.68 Å². The molecule has 0 aromatic carbocycles. The molecule has 0 bridgehead atoms. The second kappa shape index (κ2) is 3.09. The van der Waals surface area contributed by atoms with Gasteiger partial charge in [-0.1, -0.05) is 12.2 Å². The number of ether oxygens (including phenoxy) is 1. The van der Waals surface area contributed by atoms with E-state index in [2.05, 4.69) is 18.9 Å². The summed E-state index contributed by atoms with van der Waals surface area (Å²) in [7, 11) is 1.61. The van der Waals surface area contributed by atoms with Gasteiger partial charge < -0.3 is 9.84 Å². The van der Waals surface area contributed by atoms with Gasteiger partial charge in [-0.25, -0.2) is 0 Å². The zero-order valence-corrected chi connectivity index (χ0v) is 7.73. The number of hydrogen-bond acceptors (Lipinski definition) is 2. The van der Waals surface area contributed by atoms with E-state index < -0.39 is 0 Å². The monoisotopic (exact) mass is 172 g/mol. The first kappa shape index (κ1) is 8.33. The molecule has 0 saturated heterocycles. The van der Waals surface area contributed by atoms with Crippen LogP contribution in [-0.2, 0) is 0 Å². The van der Waals surface area contributed by atoms with Crippen molar-refractivity contribution in [3.8, 4) is 5.75 Å². The SMILES string of the molecule is COc1c[nH]n(C(C)C)c1=S. The summed E-state index contributed by atoms with van der Waals surface area (Å²) >= 11 is 5.11. The Morgan fingerprint density at radius 1 is 1.64 bits per heavy atom. The van der Waals surface area contributed by atoms with Crippen LogP contribution in [0.1, 0.15) is 19.9 Å². The molecule has 1 rings (SSSR count). The number of H-pyrrole nitrogens is 1. The van der Waals surface area contributed by atoms with E-state index in [1.165, 1.54) is 0 Å². The summed E-state index contributed by atoms with van der Waals surface area (Å²) in [6.45, 7) is 4.12. The average Bonchev–Trinajstić information content (AvgIpc) is 2.30. The lowest BCUT2D eigenvalue weighted by Crippen LogP contribution is -2.01. The number of nitrogens with zero attached hydrogens (tertiary/aromatic N) is 1. The normalized spacial score (nSPS) is 10.5. The van der Waals surface area contributed by atoms with E-state index in [0.29, 0.717) is 6.04 Å². The topological polar surface area (TPSA) is 29.9 Å². The fourth-order valence-electron chi connectivity index (χ4n) is 0.897. The largest absolute Gasteiger partial charge is 0.492 e. The van der Waals surface area contributed by atoms with Gasteiger partial charge in [0.15, 0.2) is 10.4 Å². The van der Waals surface area contributed by atoms with Crippen molar-refractivity contribution >= 4 is 12.2 Å². The molecule has 0 amide bonds. The van der Waals surface area contributed by atoms with Gasteiger partial charge in [-0.3, -0.25) is 4.68 Å². The molecule has 62 valence electrons. The first-order valence-electron chi connectivity index (χ1n) is 3.50. The molecule has 0 aliphatic carbocycles. The van der Waals surface area contributed by atoms with E-state index in [4.69, 9.17) is 17.0 Å². The molecule has 3 nitrogen and oxygen atoms in total. The van der Waals surface area contributed by atoms with Gasteiger partial charge in [-0.2, -0.15) is 0 Å². The standard InChI is InChI=1S/C7H12N2OS/c1-5(2)9-7(11)6(10-3)4-8-9/h4-5,8H,1-3H3. The van der Waals surface area contributed by atoms with Crippen LogP contribution in [0.25, 0.3) is 0 Å². The van der Waals surface area contributed by atoms with Gasteiger partial charge in [0.05, 0.1) is 13.3 Å². The van der Waals surface area contributed by atoms with Crippen molar-refractivity contribution in [2.24, 2.45) is 0 Å². The molecule has 0 aliphatic rings. The van der Waals surface area contributed by atoms with E-state index in [1.54, 1.807) is 13.3 Å². The fourth-order valence-corrected chi connectivity index (χ4v) is 1.30. The smallest absolute Gasteiger partial charge is 0.172 e. The minimum absolute atomic E-state index is 0.353. The van der Waals surface area contributed by atoms with Crippen molar-refractivity contribution in [2.75, 3.05) is 7.11 Å². The predicted molar refractivity (Wildman–Crippen MR) is 46.6 cm³/mol. The highest BCUT2D eigenvalue weighted by Crippen LogP contribution is 2.14. The van der Waals surface area contributed by atoms with E-state index in [-0.39, 0.29) is 0 Å². The molecule has 1 N–H and O–H groups in total. The Labute approximate surface area is 71.0 Å². The van der Waals surface area contributed by atoms with E-state index in [0.717, 1.165) is 10.4 Å². The summed E-state index contributed by atoms with van der Waals surface area (Å²) in [6.07, 6.45) is 1.77. The van der Waals surface area contributed by atoms with Gasteiger partial charge in [0.2, 0.25) is 0 Å². The molecular formula is C7H12N2OS. The highest BCUT2D eigenvalue weighted by Gasteiger charge is 2.03. The zero-order chi connectivity index (χ0) is 8.43. The van der Waals surface area contributed by atoms with Crippen molar-refractivity contribution in [2.45, 2.75) is 19.9 Å². The molecule has 11 heavy (non-hydrogen) atoms. The molecule has 4 heteroatoms. The van der Waals surface area contributed by atoms with Gasteiger partial charge >= 0.3 is 0 Å². The summed E-state index contributed by atoms with van der Waals surface area (Å²) in [5.74, 6) is 0.730. The van der Waals surface area contributed by atoms with E-state index >= 15 is 0 Å². The van der Waals surface area contributed by atoms with Crippen LogP contribution >= 0.6 is 12.2 Å². The number of aromatic nitrogens is 2. The van der Waals surface area contributed by atoms with Crippen LogP contribution in [0.15, 0.2) is 6.20 Å². The highest BCUT2D eigenvalue weighted by molar-refractivity contribution is 7.71. The van der Waals surface area contributed by atoms with Crippen molar-refractivity contribution in [3.05, 3.63) is 10.8 Å². The minimum atomic E-state index is 0.353. The van der Waals surface area contributed by atoms with Crippen LogP contribution in [0.5, 0.6) is 5.75 Å². The van der Waals surface area contributed by atoms with Gasteiger partial charge in [-0.15, -0.1) is 0 Å². The quantitative estimate of drug-likeness (QED) is 0.693. The molecule has 1 aromatic heterocycles. The summed E-state index contributed by atoms with van der Waals surface area (Å²) in [4.78, 5) is 0. The van der Waals surface area contributed by atoms with Crippen molar-refractivity contribution in [1.82, 2.24) is 9.78 Å². The van der Waals surface area contributed by atoms with Gasteiger partial charge in [0, 0.05) is 6.04 Å². The van der Waals surface area contributed by atoms with Crippen LogP contribution in [0, 0.1) is 4.64 Å². The third-order valence-electron chi connectivity index (χ3n) is 1.50. The molecule has 0 spiro atoms. The number of nitrogens with one attached hydrogen (secondary N) is 1. The molecule has 0 fully saturated rings. The molecule has 0 saturated carbocycles. The summed E-state index contributed by atoms with van der Waals surface area (Å²) in [6, 6.07) is 0.353.